The number of nitro groups is 1. The van der Waals surface area contributed by atoms with Gasteiger partial charge in [0.1, 0.15) is 6.04 Å². The Morgan fingerprint density at radius 2 is 1.88 bits per heavy atom. The number of aromatic nitrogens is 3. The molecule has 4 rings (SSSR count). The molecule has 13 heteroatoms. The van der Waals surface area contributed by atoms with Crippen LogP contribution in [0.1, 0.15) is 24.4 Å². The quantitative estimate of drug-likeness (QED) is 0.411. The predicted octanol–water partition coefficient (Wildman–Crippen LogP) is 4.79. The highest BCUT2D eigenvalue weighted by molar-refractivity contribution is 6.30. The van der Waals surface area contributed by atoms with Crippen LogP contribution in [0, 0.1) is 10.1 Å². The minimum atomic E-state index is -4.86. The van der Waals surface area contributed by atoms with Crippen molar-refractivity contribution in [3.63, 3.8) is 0 Å². The highest BCUT2D eigenvalue weighted by Crippen LogP contribution is 2.40. The summed E-state index contributed by atoms with van der Waals surface area (Å²) in [7, 11) is 0. The van der Waals surface area contributed by atoms with Gasteiger partial charge in [-0.2, -0.15) is 18.2 Å². The number of fused-ring (bicyclic) bond motifs is 1. The Bertz CT molecular complexity index is 1290. The number of alkyl halides is 3. The van der Waals surface area contributed by atoms with Crippen molar-refractivity contribution < 1.29 is 22.9 Å². The number of nitrogens with one attached hydrogen (secondary N) is 2. The van der Waals surface area contributed by atoms with Crippen molar-refractivity contribution in [2.24, 2.45) is 0 Å². The zero-order chi connectivity index (χ0) is 23.9. The van der Waals surface area contributed by atoms with Crippen LogP contribution in [0.5, 0.6) is 0 Å². The molecule has 1 aliphatic heterocycles. The maximum absolute atomic E-state index is 13.3. The van der Waals surface area contributed by atoms with E-state index >= 15 is 0 Å². The Kier molecular flexibility index (Phi) is 5.54. The summed E-state index contributed by atoms with van der Waals surface area (Å²) in [5.41, 5.74) is 0.0588. The van der Waals surface area contributed by atoms with Gasteiger partial charge in [-0.15, -0.1) is 5.10 Å². The Morgan fingerprint density at radius 3 is 2.52 bits per heavy atom. The summed E-state index contributed by atoms with van der Waals surface area (Å²) in [4.78, 5) is 27.7. The van der Waals surface area contributed by atoms with Gasteiger partial charge in [-0.3, -0.25) is 14.9 Å². The number of nitro benzene ring substituents is 1. The van der Waals surface area contributed by atoms with Gasteiger partial charge >= 0.3 is 6.18 Å². The summed E-state index contributed by atoms with van der Waals surface area (Å²) in [6.07, 6.45) is -4.86. The second-order valence-corrected chi connectivity index (χ2v) is 7.48. The highest BCUT2D eigenvalue weighted by atomic mass is 35.5. The first-order chi connectivity index (χ1) is 15.6. The molecule has 2 heterocycles. The molecule has 0 fully saturated rings. The molecule has 2 aromatic carbocycles. The van der Waals surface area contributed by atoms with Gasteiger partial charge in [0.15, 0.2) is 0 Å². The maximum Gasteiger partial charge on any atom is 0.453 e. The van der Waals surface area contributed by atoms with Crippen LogP contribution in [0.2, 0.25) is 5.02 Å². The number of hydrogen-bond acceptors (Lipinski definition) is 6. The SMILES string of the molecule is CC1=C(C(=O)Nc2ccc(Cl)cc2)[C@@H](c2ccccc2[N+](=O)[O-])n2nc(C(F)(F)F)nc2N1. The molecule has 0 saturated heterocycles. The van der Waals surface area contributed by atoms with Crippen molar-refractivity contribution in [3.05, 3.63) is 86.3 Å². The molecule has 0 bridgehead atoms. The number of carbonyl (C=O) groups excluding carboxylic acids is 1. The van der Waals surface area contributed by atoms with Crippen molar-refractivity contribution in [1.29, 1.82) is 0 Å². The van der Waals surface area contributed by atoms with Crippen molar-refractivity contribution in [3.8, 4) is 0 Å². The predicted molar refractivity (Wildman–Crippen MR) is 113 cm³/mol. The molecule has 0 unspecified atom stereocenters. The first kappa shape index (κ1) is 22.3. The molecule has 0 spiro atoms. The van der Waals surface area contributed by atoms with E-state index in [9.17, 15) is 28.1 Å². The Morgan fingerprint density at radius 1 is 1.21 bits per heavy atom. The third kappa shape index (κ3) is 4.24. The minimum absolute atomic E-state index is 0.0236. The number of carbonyl (C=O) groups is 1. The van der Waals surface area contributed by atoms with E-state index in [1.165, 1.54) is 43.3 Å². The van der Waals surface area contributed by atoms with Crippen LogP contribution in [0.25, 0.3) is 0 Å². The van der Waals surface area contributed by atoms with Gasteiger partial charge in [-0.05, 0) is 37.3 Å². The molecular weight excluding hydrogens is 465 g/mol. The molecule has 1 atom stereocenters. The number of amides is 1. The summed E-state index contributed by atoms with van der Waals surface area (Å²) < 4.78 is 40.7. The lowest BCUT2D eigenvalue weighted by Crippen LogP contribution is -2.32. The van der Waals surface area contributed by atoms with Gasteiger partial charge in [0.05, 0.1) is 16.1 Å². The molecule has 1 aromatic heterocycles. The Labute approximate surface area is 189 Å². The minimum Gasteiger partial charge on any atom is -0.328 e. The normalized spacial score (nSPS) is 15.6. The second-order valence-electron chi connectivity index (χ2n) is 7.04. The summed E-state index contributed by atoms with van der Waals surface area (Å²) in [6.45, 7) is 1.46. The van der Waals surface area contributed by atoms with Gasteiger partial charge in [0.2, 0.25) is 5.95 Å². The topological polar surface area (TPSA) is 115 Å². The van der Waals surface area contributed by atoms with Crippen LogP contribution in [0.4, 0.5) is 30.5 Å². The number of anilines is 2. The third-order valence-corrected chi connectivity index (χ3v) is 5.13. The fourth-order valence-electron chi connectivity index (χ4n) is 3.47. The standard InChI is InChI=1S/C20H14ClF3N6O3/c1-10-15(17(31)26-12-8-6-11(21)7-9-12)16(13-4-2-3-5-14(13)30(32)33)29-19(25-10)27-18(28-29)20(22,23)24/h2-9,16H,1H3,(H,26,31)(H,25,27,28)/t16-/m1/s1. The number of rotatable bonds is 4. The monoisotopic (exact) mass is 478 g/mol. The summed E-state index contributed by atoms with van der Waals surface area (Å²) in [6, 6.07) is 10.3. The van der Waals surface area contributed by atoms with E-state index in [4.69, 9.17) is 11.6 Å². The molecule has 33 heavy (non-hydrogen) atoms. The average Bonchev–Trinajstić information content (AvgIpc) is 3.18. The average molecular weight is 479 g/mol. The molecule has 0 radical (unpaired) electrons. The lowest BCUT2D eigenvalue weighted by molar-refractivity contribution is -0.385. The van der Waals surface area contributed by atoms with Gasteiger partial charge in [-0.1, -0.05) is 23.7 Å². The van der Waals surface area contributed by atoms with E-state index in [1.54, 1.807) is 12.1 Å². The largest absolute Gasteiger partial charge is 0.453 e. The van der Waals surface area contributed by atoms with Crippen molar-refractivity contribution in [1.82, 2.24) is 14.8 Å². The van der Waals surface area contributed by atoms with Crippen LogP contribution in [0.3, 0.4) is 0 Å². The molecule has 1 aliphatic rings. The third-order valence-electron chi connectivity index (χ3n) is 4.88. The lowest BCUT2D eigenvalue weighted by Gasteiger charge is -2.28. The first-order valence-electron chi connectivity index (χ1n) is 9.38. The summed E-state index contributed by atoms with van der Waals surface area (Å²) in [5.74, 6) is -2.44. The maximum atomic E-state index is 13.3. The van der Waals surface area contributed by atoms with Gasteiger partial charge < -0.3 is 10.6 Å². The van der Waals surface area contributed by atoms with E-state index in [0.29, 0.717) is 10.7 Å². The number of allylic oxidation sites excluding steroid dienone is 1. The van der Waals surface area contributed by atoms with E-state index in [2.05, 4.69) is 20.7 Å². The summed E-state index contributed by atoms with van der Waals surface area (Å²) >= 11 is 5.86. The number of benzene rings is 2. The number of halogens is 4. The molecule has 0 saturated carbocycles. The first-order valence-corrected chi connectivity index (χ1v) is 9.76. The molecule has 1 amide bonds. The van der Waals surface area contributed by atoms with Crippen molar-refractivity contribution >= 4 is 34.8 Å². The van der Waals surface area contributed by atoms with Crippen LogP contribution < -0.4 is 10.6 Å². The zero-order valence-corrected chi connectivity index (χ0v) is 17.5. The lowest BCUT2D eigenvalue weighted by atomic mass is 9.93. The van der Waals surface area contributed by atoms with Crippen LogP contribution in [0.15, 0.2) is 59.8 Å². The molecule has 170 valence electrons. The van der Waals surface area contributed by atoms with Crippen molar-refractivity contribution in [2.75, 3.05) is 10.6 Å². The Hall–Kier alpha value is -3.93. The van der Waals surface area contributed by atoms with Crippen LogP contribution in [-0.4, -0.2) is 25.6 Å². The van der Waals surface area contributed by atoms with E-state index in [1.807, 2.05) is 0 Å². The molecule has 9 nitrogen and oxygen atoms in total. The van der Waals surface area contributed by atoms with E-state index in [0.717, 1.165) is 4.68 Å². The molecular formula is C20H14ClF3N6O3. The molecule has 2 N–H and O–H groups in total. The van der Waals surface area contributed by atoms with Crippen molar-refractivity contribution in [2.45, 2.75) is 19.1 Å². The van der Waals surface area contributed by atoms with Crippen LogP contribution >= 0.6 is 11.6 Å². The van der Waals surface area contributed by atoms with Gasteiger partial charge in [0.25, 0.3) is 17.4 Å². The van der Waals surface area contributed by atoms with E-state index in [-0.39, 0.29) is 28.5 Å². The second kappa shape index (κ2) is 8.20. The number of para-hydroxylation sites is 1. The molecule has 0 aliphatic carbocycles. The van der Waals surface area contributed by atoms with Gasteiger partial charge in [0, 0.05) is 22.5 Å². The zero-order valence-electron chi connectivity index (χ0n) is 16.7. The number of hydrogen-bond donors (Lipinski definition) is 2. The Balaban J connectivity index is 1.87. The molecule has 3 aromatic rings. The van der Waals surface area contributed by atoms with Crippen LogP contribution in [-0.2, 0) is 11.0 Å². The van der Waals surface area contributed by atoms with E-state index < -0.39 is 28.9 Å². The van der Waals surface area contributed by atoms with Gasteiger partial charge in [-0.25, -0.2) is 4.68 Å². The fourth-order valence-corrected chi connectivity index (χ4v) is 3.60. The number of nitrogens with zero attached hydrogens (tertiary/aromatic N) is 4. The smallest absolute Gasteiger partial charge is 0.328 e. The fraction of sp³-hybridized carbons (Fsp3) is 0.150. The summed E-state index contributed by atoms with van der Waals surface area (Å²) in [5, 5.41) is 20.9. The highest BCUT2D eigenvalue weighted by Gasteiger charge is 2.42.